The summed E-state index contributed by atoms with van der Waals surface area (Å²) < 4.78 is 6.14. The van der Waals surface area contributed by atoms with E-state index >= 15 is 0 Å². The average molecular weight is 415 g/mol. The number of hydrogen-bond donors (Lipinski definition) is 1. The van der Waals surface area contributed by atoms with Crippen LogP contribution in [0, 0.1) is 10.1 Å². The number of nitrogens with zero attached hydrogens (tertiary/aromatic N) is 5. The average Bonchev–Trinajstić information content (AvgIpc) is 3.18. The number of pyridine rings is 1. The summed E-state index contributed by atoms with van der Waals surface area (Å²) in [6.07, 6.45) is 3.12. The van der Waals surface area contributed by atoms with Crippen molar-refractivity contribution in [1.82, 2.24) is 4.98 Å². The molecule has 0 amide bonds. The van der Waals surface area contributed by atoms with E-state index in [2.05, 4.69) is 41.7 Å². The Morgan fingerprint density at radius 2 is 2.00 bits per heavy atom. The number of nitro benzene ring substituents is 1. The van der Waals surface area contributed by atoms with Crippen LogP contribution in [0.4, 0.5) is 17.2 Å². The van der Waals surface area contributed by atoms with Gasteiger partial charge in [-0.1, -0.05) is 0 Å². The van der Waals surface area contributed by atoms with Gasteiger partial charge in [-0.05, 0) is 52.3 Å². The van der Waals surface area contributed by atoms with Gasteiger partial charge in [-0.3, -0.25) is 15.5 Å². The van der Waals surface area contributed by atoms with E-state index in [1.54, 1.807) is 24.4 Å². The molecule has 2 aromatic heterocycles. The fourth-order valence-electron chi connectivity index (χ4n) is 1.83. The standard InChI is InChI=1S/C16H11BrN6O3/c17-11-3-8-15(18-10-11)20-22-16(14-2-1-9-26-14)21-19-12-4-6-13(7-5-12)23(24)25/h1-10H,(H,18,20). The van der Waals surface area contributed by atoms with Crippen molar-refractivity contribution in [2.45, 2.75) is 0 Å². The molecule has 0 aliphatic carbocycles. The number of hydrogen-bond acceptors (Lipinski definition) is 7. The topological polar surface area (TPSA) is 118 Å². The van der Waals surface area contributed by atoms with Crippen molar-refractivity contribution >= 4 is 39.0 Å². The van der Waals surface area contributed by atoms with Gasteiger partial charge in [0.05, 0.1) is 16.9 Å². The number of furan rings is 1. The van der Waals surface area contributed by atoms with Gasteiger partial charge in [0.2, 0.25) is 5.84 Å². The van der Waals surface area contributed by atoms with Crippen molar-refractivity contribution in [3.8, 4) is 0 Å². The van der Waals surface area contributed by atoms with Crippen LogP contribution in [0.1, 0.15) is 5.76 Å². The molecule has 9 nitrogen and oxygen atoms in total. The van der Waals surface area contributed by atoms with Crippen molar-refractivity contribution in [3.63, 3.8) is 0 Å². The van der Waals surface area contributed by atoms with Crippen LogP contribution >= 0.6 is 15.9 Å². The molecule has 0 spiro atoms. The third-order valence-electron chi connectivity index (χ3n) is 3.07. The molecule has 2 heterocycles. The van der Waals surface area contributed by atoms with Gasteiger partial charge >= 0.3 is 0 Å². The maximum absolute atomic E-state index is 10.7. The second kappa shape index (κ2) is 8.12. The first-order valence-corrected chi connectivity index (χ1v) is 8.06. The molecular formula is C16H11BrN6O3. The first-order valence-electron chi connectivity index (χ1n) is 7.27. The molecule has 0 bridgehead atoms. The Balaban J connectivity index is 1.81. The fraction of sp³-hybridized carbons (Fsp3) is 0. The molecule has 0 fully saturated rings. The lowest BCUT2D eigenvalue weighted by atomic mass is 10.3. The smallest absolute Gasteiger partial charge is 0.269 e. The molecule has 0 aliphatic rings. The third-order valence-corrected chi connectivity index (χ3v) is 3.54. The third kappa shape index (κ3) is 4.57. The van der Waals surface area contributed by atoms with Crippen molar-refractivity contribution < 1.29 is 9.34 Å². The number of non-ortho nitro benzene ring substituents is 1. The number of rotatable bonds is 5. The van der Waals surface area contributed by atoms with Crippen LogP contribution in [0.3, 0.4) is 0 Å². The lowest BCUT2D eigenvalue weighted by molar-refractivity contribution is -0.384. The number of benzene rings is 1. The SMILES string of the molecule is O=[N+]([O-])c1ccc(N=NC(=NNc2ccc(Br)cn2)c2ccco2)cc1. The Bertz CT molecular complexity index is 937. The first-order chi connectivity index (χ1) is 12.6. The lowest BCUT2D eigenvalue weighted by Gasteiger charge is -2.00. The number of hydrazone groups is 1. The number of nitro groups is 1. The second-order valence-corrected chi connectivity index (χ2v) is 5.78. The van der Waals surface area contributed by atoms with Gasteiger partial charge in [-0.15, -0.1) is 15.3 Å². The molecule has 3 aromatic rings. The van der Waals surface area contributed by atoms with E-state index in [0.717, 1.165) is 4.47 Å². The summed E-state index contributed by atoms with van der Waals surface area (Å²) in [5, 5.41) is 22.9. The van der Waals surface area contributed by atoms with Crippen molar-refractivity contribution in [2.75, 3.05) is 5.43 Å². The first kappa shape index (κ1) is 17.4. The van der Waals surface area contributed by atoms with Crippen molar-refractivity contribution in [2.24, 2.45) is 15.3 Å². The van der Waals surface area contributed by atoms with E-state index < -0.39 is 4.92 Å². The molecule has 0 aliphatic heterocycles. The van der Waals surface area contributed by atoms with Crippen LogP contribution in [0.5, 0.6) is 0 Å². The minimum atomic E-state index is -0.480. The van der Waals surface area contributed by atoms with Crippen LogP contribution in [0.2, 0.25) is 0 Å². The van der Waals surface area contributed by atoms with Crippen molar-refractivity contribution in [3.05, 3.63) is 81.3 Å². The minimum absolute atomic E-state index is 0.0214. The molecule has 10 heteroatoms. The molecule has 0 saturated carbocycles. The van der Waals surface area contributed by atoms with E-state index in [9.17, 15) is 10.1 Å². The molecule has 0 radical (unpaired) electrons. The molecule has 1 aromatic carbocycles. The number of aromatic nitrogens is 1. The van der Waals surface area contributed by atoms with Crippen LogP contribution in [0.25, 0.3) is 0 Å². The molecular weight excluding hydrogens is 404 g/mol. The van der Waals surface area contributed by atoms with E-state index in [1.165, 1.54) is 30.5 Å². The van der Waals surface area contributed by atoms with Crippen LogP contribution in [-0.4, -0.2) is 15.7 Å². The Morgan fingerprint density at radius 1 is 1.19 bits per heavy atom. The number of anilines is 1. The number of nitrogens with one attached hydrogen (secondary N) is 1. The summed E-state index contributed by atoms with van der Waals surface area (Å²) in [5.41, 5.74) is 3.19. The minimum Gasteiger partial charge on any atom is -0.461 e. The summed E-state index contributed by atoms with van der Waals surface area (Å²) in [6.45, 7) is 0. The normalized spacial score (nSPS) is 11.7. The zero-order valence-corrected chi connectivity index (χ0v) is 14.7. The predicted octanol–water partition coefficient (Wildman–Crippen LogP) is 4.90. The molecule has 26 heavy (non-hydrogen) atoms. The van der Waals surface area contributed by atoms with Crippen molar-refractivity contribution in [1.29, 1.82) is 0 Å². The lowest BCUT2D eigenvalue weighted by Crippen LogP contribution is -2.00. The predicted molar refractivity (Wildman–Crippen MR) is 98.4 cm³/mol. The Morgan fingerprint density at radius 3 is 2.62 bits per heavy atom. The van der Waals surface area contributed by atoms with E-state index in [1.807, 2.05) is 6.07 Å². The highest BCUT2D eigenvalue weighted by molar-refractivity contribution is 9.10. The summed E-state index contributed by atoms with van der Waals surface area (Å²) >= 11 is 3.30. The molecule has 3 rings (SSSR count). The molecule has 1 N–H and O–H groups in total. The zero-order chi connectivity index (χ0) is 18.4. The zero-order valence-electron chi connectivity index (χ0n) is 13.1. The van der Waals surface area contributed by atoms with E-state index in [-0.39, 0.29) is 11.5 Å². The Labute approximate surface area is 155 Å². The monoisotopic (exact) mass is 414 g/mol. The van der Waals surface area contributed by atoms with Gasteiger partial charge in [0.1, 0.15) is 5.82 Å². The number of azo groups is 1. The van der Waals surface area contributed by atoms with Gasteiger partial charge in [-0.2, -0.15) is 0 Å². The van der Waals surface area contributed by atoms with Gasteiger partial charge < -0.3 is 4.42 Å². The van der Waals surface area contributed by atoms with Gasteiger partial charge in [0.25, 0.3) is 5.69 Å². The summed E-state index contributed by atoms with van der Waals surface area (Å²) in [5.74, 6) is 1.11. The van der Waals surface area contributed by atoms with Crippen LogP contribution in [-0.2, 0) is 0 Å². The molecule has 0 unspecified atom stereocenters. The number of halogens is 1. The number of amidine groups is 1. The fourth-order valence-corrected chi connectivity index (χ4v) is 2.07. The van der Waals surface area contributed by atoms with Crippen LogP contribution in [0.15, 0.2) is 85.2 Å². The Kier molecular flexibility index (Phi) is 5.44. The Hall–Kier alpha value is -3.40. The van der Waals surface area contributed by atoms with Gasteiger partial charge in [0, 0.05) is 22.8 Å². The largest absolute Gasteiger partial charge is 0.461 e. The molecule has 130 valence electrons. The van der Waals surface area contributed by atoms with Gasteiger partial charge in [0.15, 0.2) is 5.76 Å². The maximum atomic E-state index is 10.7. The highest BCUT2D eigenvalue weighted by Crippen LogP contribution is 2.19. The quantitative estimate of drug-likeness (QED) is 0.209. The van der Waals surface area contributed by atoms with Crippen LogP contribution < -0.4 is 5.43 Å². The van der Waals surface area contributed by atoms with E-state index in [4.69, 9.17) is 4.42 Å². The second-order valence-electron chi connectivity index (χ2n) is 4.86. The summed E-state index contributed by atoms with van der Waals surface area (Å²) in [4.78, 5) is 14.3. The summed E-state index contributed by atoms with van der Waals surface area (Å²) in [7, 11) is 0. The van der Waals surface area contributed by atoms with Gasteiger partial charge in [-0.25, -0.2) is 4.98 Å². The molecule has 0 atom stereocenters. The van der Waals surface area contributed by atoms with E-state index in [0.29, 0.717) is 17.3 Å². The highest BCUT2D eigenvalue weighted by atomic mass is 79.9. The summed E-state index contributed by atoms with van der Waals surface area (Å²) in [6, 6.07) is 12.6. The molecule has 0 saturated heterocycles. The maximum Gasteiger partial charge on any atom is 0.269 e. The highest BCUT2D eigenvalue weighted by Gasteiger charge is 2.07.